The van der Waals surface area contributed by atoms with E-state index < -0.39 is 6.10 Å². The van der Waals surface area contributed by atoms with Crippen molar-refractivity contribution in [3.8, 4) is 0 Å². The average molecular weight is 246 g/mol. The summed E-state index contributed by atoms with van der Waals surface area (Å²) in [6.45, 7) is 3.76. The molecular formula is C14H15FN2O. The van der Waals surface area contributed by atoms with Gasteiger partial charge in [0, 0.05) is 5.56 Å². The second-order valence-corrected chi connectivity index (χ2v) is 4.20. The van der Waals surface area contributed by atoms with Crippen LogP contribution in [0.25, 0.3) is 0 Å². The highest BCUT2D eigenvalue weighted by Crippen LogP contribution is 2.25. The molecular weight excluding hydrogens is 231 g/mol. The van der Waals surface area contributed by atoms with Crippen LogP contribution in [-0.2, 0) is 6.42 Å². The van der Waals surface area contributed by atoms with Crippen LogP contribution in [0.5, 0.6) is 0 Å². The van der Waals surface area contributed by atoms with Gasteiger partial charge in [-0.05, 0) is 37.1 Å². The highest BCUT2D eigenvalue weighted by molar-refractivity contribution is 5.33. The van der Waals surface area contributed by atoms with Crippen LogP contribution in [0.3, 0.4) is 0 Å². The van der Waals surface area contributed by atoms with Crippen molar-refractivity contribution >= 4 is 0 Å². The van der Waals surface area contributed by atoms with E-state index in [1.54, 1.807) is 18.2 Å². The quantitative estimate of drug-likeness (QED) is 0.905. The third kappa shape index (κ3) is 2.54. The molecule has 4 heteroatoms. The van der Waals surface area contributed by atoms with Gasteiger partial charge in [0.15, 0.2) is 0 Å². The topological polar surface area (TPSA) is 46.0 Å². The molecule has 0 bridgehead atoms. The Kier molecular flexibility index (Phi) is 3.67. The first-order valence-electron chi connectivity index (χ1n) is 5.88. The molecule has 0 radical (unpaired) electrons. The van der Waals surface area contributed by atoms with Crippen LogP contribution >= 0.6 is 0 Å². The second kappa shape index (κ2) is 5.23. The Morgan fingerprint density at radius 3 is 2.72 bits per heavy atom. The third-order valence-corrected chi connectivity index (χ3v) is 2.82. The standard InChI is InChI=1S/C14H15FN2O/c1-3-13-12(7-9(2)16-17-13)14(18)10-5-4-6-11(15)8-10/h4-8,14,18H,3H2,1-2H3. The fourth-order valence-corrected chi connectivity index (χ4v) is 1.90. The molecule has 0 aliphatic rings. The van der Waals surface area contributed by atoms with Gasteiger partial charge in [0.25, 0.3) is 0 Å². The summed E-state index contributed by atoms with van der Waals surface area (Å²) in [5.74, 6) is -0.358. The van der Waals surface area contributed by atoms with Crippen LogP contribution in [0.1, 0.15) is 35.5 Å². The molecule has 1 aromatic heterocycles. The zero-order chi connectivity index (χ0) is 13.1. The Bertz CT molecular complexity index is 557. The Morgan fingerprint density at radius 1 is 1.28 bits per heavy atom. The SMILES string of the molecule is CCc1nnc(C)cc1C(O)c1cccc(F)c1. The van der Waals surface area contributed by atoms with Crippen molar-refractivity contribution in [2.75, 3.05) is 0 Å². The van der Waals surface area contributed by atoms with Gasteiger partial charge in [0.1, 0.15) is 11.9 Å². The normalized spacial score (nSPS) is 12.4. The minimum atomic E-state index is -0.871. The molecule has 18 heavy (non-hydrogen) atoms. The van der Waals surface area contributed by atoms with Crippen molar-refractivity contribution in [1.29, 1.82) is 0 Å². The fourth-order valence-electron chi connectivity index (χ4n) is 1.90. The van der Waals surface area contributed by atoms with E-state index in [0.29, 0.717) is 17.5 Å². The molecule has 2 rings (SSSR count). The van der Waals surface area contributed by atoms with Crippen LogP contribution in [0.4, 0.5) is 4.39 Å². The Balaban J connectivity index is 2.44. The van der Waals surface area contributed by atoms with E-state index in [1.165, 1.54) is 12.1 Å². The first-order valence-corrected chi connectivity index (χ1v) is 5.88. The van der Waals surface area contributed by atoms with Gasteiger partial charge in [0.05, 0.1) is 11.4 Å². The van der Waals surface area contributed by atoms with E-state index in [1.807, 2.05) is 13.8 Å². The highest BCUT2D eigenvalue weighted by Gasteiger charge is 2.16. The molecule has 1 N–H and O–H groups in total. The number of aliphatic hydroxyl groups excluding tert-OH is 1. The Morgan fingerprint density at radius 2 is 2.06 bits per heavy atom. The number of rotatable bonds is 3. The predicted octanol–water partition coefficient (Wildman–Crippen LogP) is 2.57. The van der Waals surface area contributed by atoms with Crippen molar-refractivity contribution in [1.82, 2.24) is 10.2 Å². The van der Waals surface area contributed by atoms with E-state index in [0.717, 1.165) is 11.4 Å². The van der Waals surface area contributed by atoms with E-state index in [-0.39, 0.29) is 5.82 Å². The van der Waals surface area contributed by atoms with Crippen molar-refractivity contribution in [2.45, 2.75) is 26.4 Å². The first-order chi connectivity index (χ1) is 8.61. The summed E-state index contributed by atoms with van der Waals surface area (Å²) >= 11 is 0. The van der Waals surface area contributed by atoms with Crippen molar-refractivity contribution in [3.63, 3.8) is 0 Å². The summed E-state index contributed by atoms with van der Waals surface area (Å²) in [6, 6.07) is 7.76. The van der Waals surface area contributed by atoms with Gasteiger partial charge in [0.2, 0.25) is 0 Å². The molecule has 1 atom stereocenters. The molecule has 0 aliphatic heterocycles. The van der Waals surface area contributed by atoms with Gasteiger partial charge in [-0.3, -0.25) is 0 Å². The van der Waals surface area contributed by atoms with Crippen LogP contribution in [-0.4, -0.2) is 15.3 Å². The number of hydrogen-bond donors (Lipinski definition) is 1. The Hall–Kier alpha value is -1.81. The first kappa shape index (κ1) is 12.6. The summed E-state index contributed by atoms with van der Waals surface area (Å²) in [4.78, 5) is 0. The van der Waals surface area contributed by atoms with Gasteiger partial charge in [-0.2, -0.15) is 10.2 Å². The number of halogens is 1. The molecule has 94 valence electrons. The number of aryl methyl sites for hydroxylation is 2. The molecule has 1 heterocycles. The van der Waals surface area contributed by atoms with Crippen LogP contribution < -0.4 is 0 Å². The molecule has 3 nitrogen and oxygen atoms in total. The summed E-state index contributed by atoms with van der Waals surface area (Å²) in [6.07, 6.45) is -0.195. The van der Waals surface area contributed by atoms with E-state index in [4.69, 9.17) is 0 Å². The van der Waals surface area contributed by atoms with Gasteiger partial charge < -0.3 is 5.11 Å². The molecule has 1 aromatic carbocycles. The molecule has 0 amide bonds. The zero-order valence-corrected chi connectivity index (χ0v) is 10.4. The monoisotopic (exact) mass is 246 g/mol. The van der Waals surface area contributed by atoms with E-state index in [2.05, 4.69) is 10.2 Å². The molecule has 0 spiro atoms. The number of nitrogens with zero attached hydrogens (tertiary/aromatic N) is 2. The van der Waals surface area contributed by atoms with Gasteiger partial charge in [-0.15, -0.1) is 0 Å². The number of aliphatic hydroxyl groups is 1. The largest absolute Gasteiger partial charge is 0.384 e. The number of aromatic nitrogens is 2. The number of hydrogen-bond acceptors (Lipinski definition) is 3. The fraction of sp³-hybridized carbons (Fsp3) is 0.286. The lowest BCUT2D eigenvalue weighted by Gasteiger charge is -2.14. The van der Waals surface area contributed by atoms with Crippen molar-refractivity contribution < 1.29 is 9.50 Å². The van der Waals surface area contributed by atoms with Crippen molar-refractivity contribution in [2.24, 2.45) is 0 Å². The lowest BCUT2D eigenvalue weighted by Crippen LogP contribution is -2.07. The van der Waals surface area contributed by atoms with Crippen LogP contribution in [0.15, 0.2) is 30.3 Å². The van der Waals surface area contributed by atoms with Gasteiger partial charge >= 0.3 is 0 Å². The minimum absolute atomic E-state index is 0.358. The average Bonchev–Trinajstić information content (AvgIpc) is 2.38. The second-order valence-electron chi connectivity index (χ2n) is 4.20. The summed E-state index contributed by atoms with van der Waals surface area (Å²) < 4.78 is 13.2. The summed E-state index contributed by atoms with van der Waals surface area (Å²) in [5, 5.41) is 18.3. The smallest absolute Gasteiger partial charge is 0.123 e. The molecule has 2 aromatic rings. The molecule has 0 saturated carbocycles. The maximum atomic E-state index is 13.2. The van der Waals surface area contributed by atoms with E-state index in [9.17, 15) is 9.50 Å². The summed E-state index contributed by atoms with van der Waals surface area (Å²) in [5.41, 5.74) is 2.68. The predicted molar refractivity (Wildman–Crippen MR) is 66.6 cm³/mol. The third-order valence-electron chi connectivity index (χ3n) is 2.82. The summed E-state index contributed by atoms with van der Waals surface area (Å²) in [7, 11) is 0. The number of benzene rings is 1. The molecule has 0 fully saturated rings. The maximum Gasteiger partial charge on any atom is 0.123 e. The minimum Gasteiger partial charge on any atom is -0.384 e. The van der Waals surface area contributed by atoms with Gasteiger partial charge in [-0.25, -0.2) is 4.39 Å². The lowest BCUT2D eigenvalue weighted by molar-refractivity contribution is 0.217. The van der Waals surface area contributed by atoms with Crippen LogP contribution in [0, 0.1) is 12.7 Å². The molecule has 0 aliphatic carbocycles. The lowest BCUT2D eigenvalue weighted by atomic mass is 9.99. The molecule has 1 unspecified atom stereocenters. The highest BCUT2D eigenvalue weighted by atomic mass is 19.1. The zero-order valence-electron chi connectivity index (χ0n) is 10.4. The Labute approximate surface area is 105 Å². The van der Waals surface area contributed by atoms with Crippen LogP contribution in [0.2, 0.25) is 0 Å². The van der Waals surface area contributed by atoms with Gasteiger partial charge in [-0.1, -0.05) is 19.1 Å². The molecule has 0 saturated heterocycles. The van der Waals surface area contributed by atoms with E-state index >= 15 is 0 Å². The maximum absolute atomic E-state index is 13.2. The van der Waals surface area contributed by atoms with Crippen molar-refractivity contribution in [3.05, 3.63) is 58.7 Å².